The van der Waals surface area contributed by atoms with Crippen molar-refractivity contribution in [2.75, 3.05) is 0 Å². The average Bonchev–Trinajstić information content (AvgIpc) is 0.809. The molecule has 6 heteroatoms. The summed E-state index contributed by atoms with van der Waals surface area (Å²) in [6.45, 7) is 0. The maximum atomic E-state index is 5.26. The van der Waals surface area contributed by atoms with E-state index in [4.69, 9.17) is 19.9 Å². The van der Waals surface area contributed by atoms with E-state index in [0.29, 0.717) is 11.6 Å². The fraction of sp³-hybridized carbons (Fsp3) is 0. The number of pyridine rings is 2. The number of rotatable bonds is 12. The van der Waals surface area contributed by atoms with Gasteiger partial charge in [0.1, 0.15) is 0 Å². The quantitative estimate of drug-likeness (QED) is 0.121. The van der Waals surface area contributed by atoms with Crippen LogP contribution < -0.4 is 0 Å². The van der Waals surface area contributed by atoms with E-state index in [-0.39, 0.29) is 0 Å². The van der Waals surface area contributed by atoms with Crippen molar-refractivity contribution in [3.8, 4) is 135 Å². The van der Waals surface area contributed by atoms with Gasteiger partial charge in [-0.15, -0.1) is 0 Å². The van der Waals surface area contributed by atoms with Crippen LogP contribution in [0.15, 0.2) is 389 Å². The third-order valence-corrected chi connectivity index (χ3v) is 19.7. The zero-order chi connectivity index (χ0) is 69.1. The number of hydrogen-bond donors (Lipinski definition) is 0. The number of fused-ring (bicyclic) bond motifs is 5. The van der Waals surface area contributed by atoms with Gasteiger partial charge in [-0.1, -0.05) is 328 Å². The first kappa shape index (κ1) is 62.3. The molecular weight excluding hydrogens is 1260 g/mol. The molecule has 0 amide bonds. The molecule has 0 aliphatic heterocycles. The lowest BCUT2D eigenvalue weighted by molar-refractivity contribution is 1.18. The van der Waals surface area contributed by atoms with Gasteiger partial charge in [0.05, 0.1) is 22.8 Å². The van der Waals surface area contributed by atoms with Gasteiger partial charge in [-0.25, -0.2) is 19.9 Å². The van der Waals surface area contributed by atoms with Gasteiger partial charge in [-0.3, -0.25) is 9.97 Å². The van der Waals surface area contributed by atoms with E-state index in [1.54, 1.807) is 0 Å². The van der Waals surface area contributed by atoms with E-state index in [9.17, 15) is 0 Å². The summed E-state index contributed by atoms with van der Waals surface area (Å²) < 4.78 is 0. The topological polar surface area (TPSA) is 77.3 Å². The summed E-state index contributed by atoms with van der Waals surface area (Å²) in [5, 5.41) is 12.0. The lowest BCUT2D eigenvalue weighted by Crippen LogP contribution is -1.96. The van der Waals surface area contributed by atoms with Gasteiger partial charge in [0, 0.05) is 80.1 Å². The van der Waals surface area contributed by atoms with Crippen molar-refractivity contribution in [2.45, 2.75) is 0 Å². The van der Waals surface area contributed by atoms with E-state index in [1.165, 1.54) is 65.3 Å². The van der Waals surface area contributed by atoms with E-state index in [1.807, 2.05) is 30.9 Å². The van der Waals surface area contributed by atoms with Crippen LogP contribution in [0.25, 0.3) is 188 Å². The molecule has 6 nitrogen and oxygen atoms in total. The summed E-state index contributed by atoms with van der Waals surface area (Å²) in [5.74, 6) is 1.37. The molecule has 0 saturated carbocycles. The third kappa shape index (κ3) is 12.6. The monoisotopic (exact) mass is 1320 g/mol. The molecule has 104 heavy (non-hydrogen) atoms. The first-order valence-corrected chi connectivity index (χ1v) is 35.1. The number of benzene rings is 15. The van der Waals surface area contributed by atoms with E-state index in [0.717, 1.165) is 111 Å². The van der Waals surface area contributed by atoms with Gasteiger partial charge in [-0.05, 0) is 135 Å². The highest BCUT2D eigenvalue weighted by Crippen LogP contribution is 2.39. The Morgan fingerprint density at radius 2 is 0.462 bits per heavy atom. The smallest absolute Gasteiger partial charge is 0.160 e. The van der Waals surface area contributed by atoms with E-state index in [2.05, 4.69) is 368 Å². The zero-order valence-electron chi connectivity index (χ0n) is 56.6. The van der Waals surface area contributed by atoms with Crippen molar-refractivity contribution in [3.63, 3.8) is 0 Å². The Morgan fingerprint density at radius 3 is 1.02 bits per heavy atom. The number of aromatic nitrogens is 6. The molecule has 0 bridgehead atoms. The predicted molar refractivity (Wildman–Crippen MR) is 432 cm³/mol. The molecule has 0 N–H and O–H groups in total. The highest BCUT2D eigenvalue weighted by molar-refractivity contribution is 6.00. The summed E-state index contributed by atoms with van der Waals surface area (Å²) >= 11 is 0. The van der Waals surface area contributed by atoms with Crippen LogP contribution in [-0.2, 0) is 0 Å². The van der Waals surface area contributed by atoms with Gasteiger partial charge in [-0.2, -0.15) is 0 Å². The molecule has 4 heterocycles. The molecular formula is C98H64N6. The Morgan fingerprint density at radius 1 is 0.144 bits per heavy atom. The molecule has 0 fully saturated rings. The zero-order valence-corrected chi connectivity index (χ0v) is 56.6. The Bertz CT molecular complexity index is 6390. The second-order valence-corrected chi connectivity index (χ2v) is 26.2. The molecule has 486 valence electrons. The fourth-order valence-corrected chi connectivity index (χ4v) is 14.4. The fourth-order valence-electron chi connectivity index (χ4n) is 14.4. The van der Waals surface area contributed by atoms with Gasteiger partial charge in [0.2, 0.25) is 0 Å². The minimum absolute atomic E-state index is 0.683. The molecule has 0 radical (unpaired) electrons. The van der Waals surface area contributed by atoms with E-state index >= 15 is 0 Å². The number of hydrogen-bond acceptors (Lipinski definition) is 6. The number of nitrogens with zero attached hydrogens (tertiary/aromatic N) is 6. The Balaban J connectivity index is 0.000000149. The van der Waals surface area contributed by atoms with Crippen molar-refractivity contribution in [1.82, 2.24) is 29.9 Å². The second kappa shape index (κ2) is 27.6. The Kier molecular flexibility index (Phi) is 16.6. The molecule has 0 aliphatic carbocycles. The van der Waals surface area contributed by atoms with Crippen molar-refractivity contribution in [3.05, 3.63) is 389 Å². The lowest BCUT2D eigenvalue weighted by Gasteiger charge is -2.13. The highest BCUT2D eigenvalue weighted by Gasteiger charge is 2.18. The summed E-state index contributed by atoms with van der Waals surface area (Å²) in [5.41, 5.74) is 23.3. The summed E-state index contributed by atoms with van der Waals surface area (Å²) in [7, 11) is 0. The predicted octanol–water partition coefficient (Wildman–Crippen LogP) is 25.5. The largest absolute Gasteiger partial charge is 0.263 e. The Hall–Kier alpha value is -13.9. The van der Waals surface area contributed by atoms with E-state index < -0.39 is 0 Å². The van der Waals surface area contributed by atoms with Crippen LogP contribution in [0.5, 0.6) is 0 Å². The van der Waals surface area contributed by atoms with Crippen LogP contribution >= 0.6 is 0 Å². The lowest BCUT2D eigenvalue weighted by atomic mass is 9.96. The van der Waals surface area contributed by atoms with Crippen LogP contribution in [0.1, 0.15) is 0 Å². The highest BCUT2D eigenvalue weighted by atomic mass is 14.9. The molecule has 0 atom stereocenters. The molecule has 19 rings (SSSR count). The van der Waals surface area contributed by atoms with Gasteiger partial charge in [0.25, 0.3) is 0 Å². The molecule has 0 saturated heterocycles. The van der Waals surface area contributed by atoms with Gasteiger partial charge in [0.15, 0.2) is 11.6 Å². The van der Waals surface area contributed by atoms with Crippen molar-refractivity contribution in [2.24, 2.45) is 0 Å². The Labute approximate surface area is 603 Å². The molecule has 4 aromatic heterocycles. The van der Waals surface area contributed by atoms with Crippen LogP contribution in [0, 0.1) is 0 Å². The van der Waals surface area contributed by atoms with Crippen molar-refractivity contribution >= 4 is 53.9 Å². The standard InChI is InChI=1S/C51H33N3.C47H31N3/c1-2-12-38-28-40(27-22-34(38)10-1)39-15-7-18-43(29-39)51-53-49(37-25-23-36(24-26-37)48-33-52-32-44-13-4-6-20-47(44)48)31-50(54-51)42-17-8-16-41(30-42)46-21-9-14-35-11-3-5-19-45(35)46;1-2-10-32(11-3-1)33-20-24-36(25-21-33)45-29-46(39-16-8-15-38(28-39)44-31-48-30-40-13-5-7-18-43(40)44)50-47(49-45)37-26-22-35(23-27-37)42-19-9-14-34-12-4-6-17-41(34)42/h1-33H;1-31H. The van der Waals surface area contributed by atoms with Crippen LogP contribution in [0.3, 0.4) is 0 Å². The third-order valence-electron chi connectivity index (χ3n) is 19.7. The maximum absolute atomic E-state index is 5.26. The molecule has 0 unspecified atom stereocenters. The SMILES string of the molecule is c1cc(-c2ccc3ccccc3c2)cc(-c2nc(-c3ccc(-c4cncc5ccccc45)cc3)cc(-c3cccc(-c4cccc5ccccc45)c3)n2)c1.c1ccc(-c2ccc(-c3cc(-c4cccc(-c5cncc6ccccc56)c4)nc(-c4ccc(-c5cccc6ccccc56)cc4)n3)cc2)cc1. The first-order chi connectivity index (χ1) is 51.5. The first-order valence-electron chi connectivity index (χ1n) is 35.1. The molecule has 19 aromatic rings. The van der Waals surface area contributed by atoms with Crippen LogP contribution in [0.4, 0.5) is 0 Å². The average molecular weight is 1330 g/mol. The van der Waals surface area contributed by atoms with Gasteiger partial charge >= 0.3 is 0 Å². The van der Waals surface area contributed by atoms with Crippen molar-refractivity contribution in [1.29, 1.82) is 0 Å². The maximum Gasteiger partial charge on any atom is 0.160 e. The summed E-state index contributed by atoms with van der Waals surface area (Å²) in [6, 6.07) is 128. The van der Waals surface area contributed by atoms with Crippen LogP contribution in [-0.4, -0.2) is 29.9 Å². The summed E-state index contributed by atoms with van der Waals surface area (Å²) in [6.07, 6.45) is 7.73. The second-order valence-electron chi connectivity index (χ2n) is 26.2. The molecule has 0 spiro atoms. The minimum Gasteiger partial charge on any atom is -0.263 e. The summed E-state index contributed by atoms with van der Waals surface area (Å²) in [4.78, 5) is 29.9. The normalized spacial score (nSPS) is 11.3. The molecule has 0 aliphatic rings. The van der Waals surface area contributed by atoms with Crippen molar-refractivity contribution < 1.29 is 0 Å². The minimum atomic E-state index is 0.683. The van der Waals surface area contributed by atoms with Gasteiger partial charge < -0.3 is 0 Å². The van der Waals surface area contributed by atoms with Crippen LogP contribution in [0.2, 0.25) is 0 Å². The molecule has 15 aromatic carbocycles.